The number of rotatable bonds is 5. The van der Waals surface area contributed by atoms with E-state index in [1.807, 2.05) is 11.8 Å². The normalized spacial score (nSPS) is 20.0. The molecule has 30 heavy (non-hydrogen) atoms. The van der Waals surface area contributed by atoms with Gasteiger partial charge < -0.3 is 15.1 Å². The van der Waals surface area contributed by atoms with Crippen molar-refractivity contribution in [2.75, 3.05) is 51.8 Å². The summed E-state index contributed by atoms with van der Waals surface area (Å²) >= 11 is 0. The van der Waals surface area contributed by atoms with Crippen molar-refractivity contribution in [3.05, 3.63) is 17.1 Å². The van der Waals surface area contributed by atoms with Gasteiger partial charge in [0.25, 0.3) is 5.91 Å². The molecule has 0 bridgehead atoms. The fourth-order valence-corrected chi connectivity index (χ4v) is 5.30. The summed E-state index contributed by atoms with van der Waals surface area (Å²) in [5.41, 5.74) is 1.27. The molecule has 1 aromatic heterocycles. The summed E-state index contributed by atoms with van der Waals surface area (Å²) in [6.07, 6.45) is 4.84. The van der Waals surface area contributed by atoms with E-state index in [0.29, 0.717) is 36.5 Å². The molecule has 0 aliphatic carbocycles. The third kappa shape index (κ3) is 4.92. The highest BCUT2D eigenvalue weighted by atomic mass is 32.2. The molecule has 9 nitrogen and oxygen atoms in total. The van der Waals surface area contributed by atoms with Gasteiger partial charge in [0.1, 0.15) is 17.3 Å². The van der Waals surface area contributed by atoms with Crippen LogP contribution in [0.25, 0.3) is 0 Å². The molecule has 168 valence electrons. The Labute approximate surface area is 179 Å². The summed E-state index contributed by atoms with van der Waals surface area (Å²) in [6, 6.07) is 0.530. The first kappa shape index (κ1) is 22.9. The molecule has 2 saturated heterocycles. The second kappa shape index (κ2) is 9.15. The average Bonchev–Trinajstić information content (AvgIpc) is 2.73. The largest absolute Gasteiger partial charge is 0.373 e. The molecule has 1 amide bonds. The minimum atomic E-state index is -3.14. The van der Waals surface area contributed by atoms with Gasteiger partial charge in [0, 0.05) is 44.8 Å². The van der Waals surface area contributed by atoms with Gasteiger partial charge in [-0.25, -0.2) is 22.7 Å². The van der Waals surface area contributed by atoms with Crippen LogP contribution in [0.15, 0.2) is 0 Å². The van der Waals surface area contributed by atoms with Crippen molar-refractivity contribution in [2.24, 2.45) is 0 Å². The predicted molar refractivity (Wildman–Crippen MR) is 117 cm³/mol. The first-order valence-corrected chi connectivity index (χ1v) is 12.5. The van der Waals surface area contributed by atoms with Crippen LogP contribution in [-0.2, 0) is 10.0 Å². The monoisotopic (exact) mass is 438 g/mol. The van der Waals surface area contributed by atoms with E-state index in [-0.39, 0.29) is 11.9 Å². The van der Waals surface area contributed by atoms with Crippen LogP contribution < -0.4 is 5.32 Å². The molecule has 3 rings (SSSR count). The molecule has 1 aromatic rings. The van der Waals surface area contributed by atoms with E-state index in [4.69, 9.17) is 0 Å². The number of hydrogen-bond acceptors (Lipinski definition) is 7. The Bertz CT molecular complexity index is 875. The number of nitrogens with zero attached hydrogens (tertiary/aromatic N) is 5. The van der Waals surface area contributed by atoms with Gasteiger partial charge in [0.2, 0.25) is 10.0 Å². The van der Waals surface area contributed by atoms with Crippen molar-refractivity contribution in [1.29, 1.82) is 0 Å². The van der Waals surface area contributed by atoms with Crippen LogP contribution in [0.3, 0.4) is 0 Å². The zero-order valence-corrected chi connectivity index (χ0v) is 19.5. The molecule has 10 heteroatoms. The molecule has 2 aliphatic rings. The van der Waals surface area contributed by atoms with Crippen LogP contribution in [0, 0.1) is 13.8 Å². The maximum atomic E-state index is 13.1. The van der Waals surface area contributed by atoms with E-state index in [9.17, 15) is 13.2 Å². The van der Waals surface area contributed by atoms with Gasteiger partial charge in [-0.05, 0) is 52.6 Å². The van der Waals surface area contributed by atoms with Crippen molar-refractivity contribution < 1.29 is 13.2 Å². The van der Waals surface area contributed by atoms with Crippen LogP contribution in [0.1, 0.15) is 47.6 Å². The third-order valence-electron chi connectivity index (χ3n) is 6.50. The summed E-state index contributed by atoms with van der Waals surface area (Å²) in [4.78, 5) is 26.2. The number of hydrogen-bond donors (Lipinski definition) is 1. The van der Waals surface area contributed by atoms with Crippen molar-refractivity contribution in [1.82, 2.24) is 24.1 Å². The molecule has 2 fully saturated rings. The number of aryl methyl sites for hydroxylation is 1. The van der Waals surface area contributed by atoms with Crippen LogP contribution in [0.4, 0.5) is 5.82 Å². The molecule has 1 N–H and O–H groups in total. The number of carbonyl (C=O) groups is 1. The van der Waals surface area contributed by atoms with Gasteiger partial charge in [0.05, 0.1) is 6.26 Å². The maximum Gasteiger partial charge on any atom is 0.272 e. The summed E-state index contributed by atoms with van der Waals surface area (Å²) in [5.74, 6) is 1.26. The van der Waals surface area contributed by atoms with E-state index in [0.717, 1.165) is 44.3 Å². The van der Waals surface area contributed by atoms with Gasteiger partial charge in [-0.2, -0.15) is 0 Å². The van der Waals surface area contributed by atoms with Gasteiger partial charge in [0.15, 0.2) is 0 Å². The molecular weight excluding hydrogens is 404 g/mol. The highest BCUT2D eigenvalue weighted by Gasteiger charge is 2.33. The summed E-state index contributed by atoms with van der Waals surface area (Å²) in [7, 11) is 0.330. The van der Waals surface area contributed by atoms with Gasteiger partial charge in [-0.15, -0.1) is 0 Å². The van der Waals surface area contributed by atoms with E-state index in [2.05, 4.69) is 20.2 Å². The van der Waals surface area contributed by atoms with E-state index >= 15 is 0 Å². The number of likely N-dealkylation sites (tertiary alicyclic amines) is 2. The highest BCUT2D eigenvalue weighted by molar-refractivity contribution is 7.88. The first-order valence-electron chi connectivity index (χ1n) is 10.6. The van der Waals surface area contributed by atoms with Crippen molar-refractivity contribution in [2.45, 2.75) is 51.6 Å². The zero-order valence-electron chi connectivity index (χ0n) is 18.7. The van der Waals surface area contributed by atoms with Gasteiger partial charge in [-0.1, -0.05) is 0 Å². The molecule has 0 atom stereocenters. The summed E-state index contributed by atoms with van der Waals surface area (Å²) < 4.78 is 25.1. The summed E-state index contributed by atoms with van der Waals surface area (Å²) in [5, 5.41) is 3.04. The molecule has 0 aromatic carbocycles. The van der Waals surface area contributed by atoms with Gasteiger partial charge >= 0.3 is 0 Å². The Morgan fingerprint density at radius 3 is 2.20 bits per heavy atom. The van der Waals surface area contributed by atoms with E-state index in [1.165, 1.54) is 10.6 Å². The molecule has 0 saturated carbocycles. The number of sulfonamides is 1. The lowest BCUT2D eigenvalue weighted by atomic mass is 9.97. The summed E-state index contributed by atoms with van der Waals surface area (Å²) in [6.45, 7) is 6.91. The molecule has 2 aliphatic heterocycles. The molecule has 0 spiro atoms. The Morgan fingerprint density at radius 1 is 1.07 bits per heavy atom. The second-order valence-corrected chi connectivity index (χ2v) is 10.5. The second-order valence-electron chi connectivity index (χ2n) is 8.41. The van der Waals surface area contributed by atoms with Crippen LogP contribution in [-0.4, -0.2) is 97.0 Å². The zero-order chi connectivity index (χ0) is 22.1. The van der Waals surface area contributed by atoms with Crippen molar-refractivity contribution in [3.63, 3.8) is 0 Å². The Hall–Kier alpha value is -1.78. The fourth-order valence-electron chi connectivity index (χ4n) is 4.55. The fraction of sp³-hybridized carbons (Fsp3) is 0.750. The number of nitrogens with one attached hydrogen (secondary N) is 1. The van der Waals surface area contributed by atoms with Gasteiger partial charge in [-0.3, -0.25) is 4.79 Å². The predicted octanol–water partition coefficient (Wildman–Crippen LogP) is 1.10. The highest BCUT2D eigenvalue weighted by Crippen LogP contribution is 2.25. The van der Waals surface area contributed by atoms with E-state index < -0.39 is 10.0 Å². The Balaban J connectivity index is 1.56. The van der Waals surface area contributed by atoms with Crippen molar-refractivity contribution >= 4 is 21.7 Å². The molecular formula is C20H34N6O3S. The molecule has 3 heterocycles. The number of carbonyl (C=O) groups excluding carboxylic acids is 1. The lowest BCUT2D eigenvalue weighted by Crippen LogP contribution is -2.52. The maximum absolute atomic E-state index is 13.1. The Morgan fingerprint density at radius 2 is 1.67 bits per heavy atom. The number of anilines is 1. The number of piperidine rings is 2. The SMILES string of the molecule is CNc1nc(C)nc(C(=O)N2CCC(N3CCC(N(C)S(C)(=O)=O)CC3)CC2)c1C. The standard InChI is InChI=1S/C20H34N6O3S/c1-14-18(22-15(2)23-19(14)21-3)20(27)26-12-8-17(9-13-26)25-10-6-16(7-11-25)24(4)30(5,28)29/h16-17H,6-13H2,1-5H3,(H,21,22,23). The van der Waals surface area contributed by atoms with Crippen LogP contribution >= 0.6 is 0 Å². The Kier molecular flexibility index (Phi) is 6.98. The number of amides is 1. The number of aromatic nitrogens is 2. The average molecular weight is 439 g/mol. The minimum Gasteiger partial charge on any atom is -0.373 e. The lowest BCUT2D eigenvalue weighted by Gasteiger charge is -2.43. The van der Waals surface area contributed by atoms with Crippen molar-refractivity contribution in [3.8, 4) is 0 Å². The lowest BCUT2D eigenvalue weighted by molar-refractivity contribution is 0.0542. The third-order valence-corrected chi connectivity index (χ3v) is 7.85. The van der Waals surface area contributed by atoms with E-state index in [1.54, 1.807) is 21.0 Å². The first-order chi connectivity index (χ1) is 14.1. The topological polar surface area (TPSA) is 98.7 Å². The van der Waals surface area contributed by atoms with Crippen LogP contribution in [0.5, 0.6) is 0 Å². The quantitative estimate of drug-likeness (QED) is 0.735. The molecule has 0 unspecified atom stereocenters. The van der Waals surface area contributed by atoms with Crippen LogP contribution in [0.2, 0.25) is 0 Å². The smallest absolute Gasteiger partial charge is 0.272 e. The molecule has 0 radical (unpaired) electrons. The minimum absolute atomic E-state index is 0.0264.